The van der Waals surface area contributed by atoms with Crippen molar-refractivity contribution in [2.24, 2.45) is 0 Å². The summed E-state index contributed by atoms with van der Waals surface area (Å²) in [6.07, 6.45) is 4.84. The molecular weight excluding hydrogens is 348 g/mol. The molecule has 24 heavy (non-hydrogen) atoms. The van der Waals surface area contributed by atoms with Gasteiger partial charge in [0.2, 0.25) is 5.91 Å². The highest BCUT2D eigenvalue weighted by Crippen LogP contribution is 2.33. The summed E-state index contributed by atoms with van der Waals surface area (Å²) in [5.74, 6) is 0.501. The normalized spacial score (nSPS) is 10.6. The summed E-state index contributed by atoms with van der Waals surface area (Å²) in [7, 11) is 3.42. The first-order chi connectivity index (χ1) is 11.5. The number of rotatable bonds is 4. The summed E-state index contributed by atoms with van der Waals surface area (Å²) in [5, 5.41) is 13.7. The van der Waals surface area contributed by atoms with E-state index in [1.807, 2.05) is 6.07 Å². The van der Waals surface area contributed by atoms with Crippen molar-refractivity contribution in [3.05, 3.63) is 34.6 Å². The lowest BCUT2D eigenvalue weighted by molar-refractivity contribution is -0.129. The van der Waals surface area contributed by atoms with Crippen LogP contribution in [-0.2, 0) is 11.3 Å². The van der Waals surface area contributed by atoms with Gasteiger partial charge in [-0.2, -0.15) is 5.26 Å². The van der Waals surface area contributed by atoms with Crippen molar-refractivity contribution in [1.29, 1.82) is 5.26 Å². The van der Waals surface area contributed by atoms with E-state index in [4.69, 9.17) is 16.9 Å². The number of anilines is 2. The highest BCUT2D eigenvalue weighted by Gasteiger charge is 2.16. The number of pyridine rings is 1. The molecule has 0 spiro atoms. The van der Waals surface area contributed by atoms with Crippen LogP contribution in [0.5, 0.6) is 0 Å². The van der Waals surface area contributed by atoms with Gasteiger partial charge in [0.1, 0.15) is 23.3 Å². The predicted octanol–water partition coefficient (Wildman–Crippen LogP) is 2.85. The molecule has 0 aromatic carbocycles. The second kappa shape index (κ2) is 6.47. The Kier molecular flexibility index (Phi) is 4.38. The molecule has 1 N–H and O–H groups in total. The number of likely N-dealkylation sites (N-methyl/N-ethyl adjacent to an activating group) is 1. The van der Waals surface area contributed by atoms with Crippen LogP contribution < -0.4 is 5.32 Å². The molecule has 0 aliphatic heterocycles. The minimum absolute atomic E-state index is 0.0338. The van der Waals surface area contributed by atoms with Crippen LogP contribution in [0.2, 0.25) is 5.02 Å². The van der Waals surface area contributed by atoms with Crippen molar-refractivity contribution in [2.75, 3.05) is 19.4 Å². The van der Waals surface area contributed by atoms with Crippen LogP contribution in [0.15, 0.2) is 24.7 Å². The number of fused-ring (bicyclic) bond motifs is 1. The van der Waals surface area contributed by atoms with Gasteiger partial charge in [-0.25, -0.2) is 9.97 Å². The molecule has 0 bridgehead atoms. The van der Waals surface area contributed by atoms with Gasteiger partial charge in [-0.05, 0) is 6.07 Å². The maximum absolute atomic E-state index is 12.0. The smallest absolute Gasteiger partial charge is 0.241 e. The maximum Gasteiger partial charge on any atom is 0.241 e. The molecule has 3 aromatic heterocycles. The first kappa shape index (κ1) is 16.2. The lowest BCUT2D eigenvalue weighted by atomic mass is 10.3. The monoisotopic (exact) mass is 360 g/mol. The van der Waals surface area contributed by atoms with Gasteiger partial charge < -0.3 is 14.8 Å². The summed E-state index contributed by atoms with van der Waals surface area (Å²) in [5.41, 5.74) is 0.796. The first-order valence-corrected chi connectivity index (χ1v) is 8.15. The van der Waals surface area contributed by atoms with Crippen LogP contribution in [0.25, 0.3) is 10.9 Å². The number of nitrogens with zero attached hydrogens (tertiary/aromatic N) is 5. The molecular formula is C15H13ClN6OS. The van der Waals surface area contributed by atoms with Crippen LogP contribution in [0, 0.1) is 11.3 Å². The molecule has 0 atom stereocenters. The number of hydrogen-bond donors (Lipinski definition) is 1. The van der Waals surface area contributed by atoms with E-state index in [-0.39, 0.29) is 12.5 Å². The van der Waals surface area contributed by atoms with Gasteiger partial charge in [-0.15, -0.1) is 0 Å². The van der Waals surface area contributed by atoms with Crippen LogP contribution in [0.3, 0.4) is 0 Å². The highest BCUT2D eigenvalue weighted by atomic mass is 35.5. The molecule has 0 saturated heterocycles. The number of aromatic nitrogens is 3. The molecule has 9 heteroatoms. The number of carbonyl (C=O) groups excluding carboxylic acids is 1. The number of carbonyl (C=O) groups is 1. The average molecular weight is 361 g/mol. The summed E-state index contributed by atoms with van der Waals surface area (Å²) >= 11 is 7.58. The molecule has 3 heterocycles. The Morgan fingerprint density at radius 2 is 2.29 bits per heavy atom. The zero-order valence-corrected chi connectivity index (χ0v) is 14.5. The van der Waals surface area contributed by atoms with E-state index < -0.39 is 0 Å². The zero-order chi connectivity index (χ0) is 17.3. The van der Waals surface area contributed by atoms with Crippen molar-refractivity contribution < 1.29 is 4.79 Å². The Morgan fingerprint density at radius 1 is 1.50 bits per heavy atom. The third-order valence-electron chi connectivity index (χ3n) is 3.39. The summed E-state index contributed by atoms with van der Waals surface area (Å²) in [6.45, 7) is 0.190. The minimum atomic E-state index is -0.0338. The number of thiazole rings is 1. The molecule has 0 saturated carbocycles. The molecule has 0 radical (unpaired) electrons. The molecule has 7 nitrogen and oxygen atoms in total. The van der Waals surface area contributed by atoms with Crippen LogP contribution in [0.1, 0.15) is 4.88 Å². The Bertz CT molecular complexity index is 955. The zero-order valence-electron chi connectivity index (χ0n) is 12.9. The van der Waals surface area contributed by atoms with Gasteiger partial charge in [-0.1, -0.05) is 22.9 Å². The quantitative estimate of drug-likeness (QED) is 0.773. The molecule has 3 aromatic rings. The number of halogens is 1. The summed E-state index contributed by atoms with van der Waals surface area (Å²) in [4.78, 5) is 22.4. The predicted molar refractivity (Wildman–Crippen MR) is 93.5 cm³/mol. The van der Waals surface area contributed by atoms with Gasteiger partial charge >= 0.3 is 0 Å². The molecule has 0 fully saturated rings. The molecule has 0 unspecified atom stereocenters. The Morgan fingerprint density at radius 3 is 2.96 bits per heavy atom. The van der Waals surface area contributed by atoms with Crippen LogP contribution in [-0.4, -0.2) is 39.4 Å². The topological polar surface area (TPSA) is 86.8 Å². The van der Waals surface area contributed by atoms with E-state index in [0.29, 0.717) is 26.2 Å². The minimum Gasteiger partial charge on any atom is -0.347 e. The second-order valence-electron chi connectivity index (χ2n) is 5.21. The first-order valence-electron chi connectivity index (χ1n) is 6.96. The van der Waals surface area contributed by atoms with E-state index >= 15 is 0 Å². The Labute approximate surface area is 147 Å². The number of nitriles is 1. The SMILES string of the molecule is CN(C)C(=O)Cn1cc(Cl)c2c(Nc3ncc(C#N)s3)nccc21. The average Bonchev–Trinajstić information content (AvgIpc) is 3.13. The highest BCUT2D eigenvalue weighted by molar-refractivity contribution is 7.16. The Balaban J connectivity index is 1.99. The fraction of sp³-hybridized carbons (Fsp3) is 0.200. The summed E-state index contributed by atoms with van der Waals surface area (Å²) in [6, 6.07) is 3.84. The van der Waals surface area contributed by atoms with Gasteiger partial charge in [0.05, 0.1) is 22.1 Å². The van der Waals surface area contributed by atoms with Crippen molar-refractivity contribution in [1.82, 2.24) is 19.4 Å². The number of hydrogen-bond acceptors (Lipinski definition) is 6. The lowest BCUT2D eigenvalue weighted by Crippen LogP contribution is -2.25. The molecule has 3 rings (SSSR count). The fourth-order valence-electron chi connectivity index (χ4n) is 2.19. The largest absolute Gasteiger partial charge is 0.347 e. The molecule has 0 aliphatic rings. The van der Waals surface area contributed by atoms with Crippen molar-refractivity contribution in [3.63, 3.8) is 0 Å². The third kappa shape index (κ3) is 3.04. The lowest BCUT2D eigenvalue weighted by Gasteiger charge is -2.11. The van der Waals surface area contributed by atoms with Crippen molar-refractivity contribution in [3.8, 4) is 6.07 Å². The maximum atomic E-state index is 12.0. The third-order valence-corrected chi connectivity index (χ3v) is 4.50. The van der Waals surface area contributed by atoms with E-state index in [2.05, 4.69) is 15.3 Å². The van der Waals surface area contributed by atoms with E-state index in [1.165, 1.54) is 22.4 Å². The van der Waals surface area contributed by atoms with E-state index in [9.17, 15) is 4.79 Å². The number of amides is 1. The standard InChI is InChI=1S/C15H13ClN6OS/c1-21(2)12(23)8-22-7-10(16)13-11(22)3-4-18-14(13)20-15-19-6-9(5-17)24-15/h3-4,6-7H,8H2,1-2H3,(H,18,19,20). The Hall–Kier alpha value is -2.63. The van der Waals surface area contributed by atoms with Crippen molar-refractivity contribution >= 4 is 50.7 Å². The van der Waals surface area contributed by atoms with E-state index in [1.54, 1.807) is 37.1 Å². The van der Waals surface area contributed by atoms with Gasteiger partial charge in [0, 0.05) is 26.5 Å². The van der Waals surface area contributed by atoms with Crippen LogP contribution in [0.4, 0.5) is 10.9 Å². The van der Waals surface area contributed by atoms with Crippen molar-refractivity contribution in [2.45, 2.75) is 6.54 Å². The van der Waals surface area contributed by atoms with Gasteiger partial charge in [-0.3, -0.25) is 4.79 Å². The molecule has 0 aliphatic carbocycles. The molecule has 122 valence electrons. The number of nitrogens with one attached hydrogen (secondary N) is 1. The fourth-order valence-corrected chi connectivity index (χ4v) is 3.11. The second-order valence-corrected chi connectivity index (χ2v) is 6.65. The van der Waals surface area contributed by atoms with Crippen LogP contribution >= 0.6 is 22.9 Å². The van der Waals surface area contributed by atoms with Gasteiger partial charge in [0.15, 0.2) is 5.13 Å². The van der Waals surface area contributed by atoms with E-state index in [0.717, 1.165) is 5.52 Å². The molecule has 1 amide bonds. The summed E-state index contributed by atoms with van der Waals surface area (Å²) < 4.78 is 1.79. The van der Waals surface area contributed by atoms with Gasteiger partial charge in [0.25, 0.3) is 0 Å².